The van der Waals surface area contributed by atoms with E-state index in [0.717, 1.165) is 19.4 Å². The molecule has 0 amide bonds. The summed E-state index contributed by atoms with van der Waals surface area (Å²) in [6.45, 7) is 0. The molecule has 5 heteroatoms. The molecule has 0 bridgehead atoms. The van der Waals surface area contributed by atoms with E-state index in [2.05, 4.69) is 15.9 Å². The van der Waals surface area contributed by atoms with Crippen molar-refractivity contribution in [3.05, 3.63) is 55.0 Å². The number of fused-ring (bicyclic) bond motifs is 1. The predicted molar refractivity (Wildman–Crippen MR) is 82.3 cm³/mol. The lowest BCUT2D eigenvalue weighted by atomic mass is 10.2. The summed E-state index contributed by atoms with van der Waals surface area (Å²) in [4.78, 5) is 13.7. The number of ketones is 1. The lowest BCUT2D eigenvalue weighted by molar-refractivity contribution is 0.104. The van der Waals surface area contributed by atoms with Crippen LogP contribution in [0.4, 0.5) is 0 Å². The Morgan fingerprint density at radius 2 is 1.83 bits per heavy atom. The molecule has 90 valence electrons. The summed E-state index contributed by atoms with van der Waals surface area (Å²) in [5.74, 6) is 0.0359. The van der Waals surface area contributed by atoms with Crippen molar-refractivity contribution in [3.63, 3.8) is 0 Å². The van der Waals surface area contributed by atoms with Crippen molar-refractivity contribution in [2.24, 2.45) is 0 Å². The van der Waals surface area contributed by atoms with Crippen molar-refractivity contribution < 1.29 is 4.79 Å². The van der Waals surface area contributed by atoms with Crippen LogP contribution in [0, 0.1) is 0 Å². The molecule has 0 spiro atoms. The summed E-state index contributed by atoms with van der Waals surface area (Å²) in [5, 5.41) is 1.10. The van der Waals surface area contributed by atoms with Crippen LogP contribution in [0.2, 0.25) is 4.34 Å². The van der Waals surface area contributed by atoms with Gasteiger partial charge in [0.25, 0.3) is 0 Å². The number of carbonyl (C=O) groups is 1. The average Bonchev–Trinajstić information content (AvgIpc) is 2.93. The lowest BCUT2D eigenvalue weighted by Gasteiger charge is -1.90. The Bertz CT molecular complexity index is 692. The van der Waals surface area contributed by atoms with Crippen LogP contribution < -0.4 is 0 Å². The van der Waals surface area contributed by atoms with E-state index in [1.54, 1.807) is 6.07 Å². The fraction of sp³-hybridized carbons (Fsp3) is 0. The molecule has 0 atom stereocenters. The van der Waals surface area contributed by atoms with Crippen molar-refractivity contribution in [2.75, 3.05) is 0 Å². The summed E-state index contributed by atoms with van der Waals surface area (Å²) >= 11 is 12.1. The van der Waals surface area contributed by atoms with Gasteiger partial charge in [0.15, 0.2) is 0 Å². The summed E-state index contributed by atoms with van der Waals surface area (Å²) in [6.07, 6.45) is 0. The molecule has 3 aromatic rings. The summed E-state index contributed by atoms with van der Waals surface area (Å²) in [7, 11) is 0. The highest BCUT2D eigenvalue weighted by Gasteiger charge is 2.16. The van der Waals surface area contributed by atoms with E-state index in [4.69, 9.17) is 11.6 Å². The van der Waals surface area contributed by atoms with Crippen molar-refractivity contribution in [3.8, 4) is 0 Å². The van der Waals surface area contributed by atoms with Gasteiger partial charge in [0.1, 0.15) is 4.34 Å². The van der Waals surface area contributed by atoms with Crippen LogP contribution in [-0.2, 0) is 0 Å². The number of benzene rings is 1. The number of halogens is 2. The maximum Gasteiger partial charge on any atom is 0.212 e. The molecule has 2 aromatic heterocycles. The largest absolute Gasteiger partial charge is 0.287 e. The summed E-state index contributed by atoms with van der Waals surface area (Å²) < 4.78 is 2.51. The number of carbonyl (C=O) groups excluding carboxylic acids is 1. The fourth-order valence-electron chi connectivity index (χ4n) is 1.67. The Labute approximate surface area is 125 Å². The smallest absolute Gasteiger partial charge is 0.212 e. The fourth-order valence-corrected chi connectivity index (χ4v) is 4.41. The van der Waals surface area contributed by atoms with Crippen molar-refractivity contribution in [2.45, 2.75) is 0 Å². The Hall–Kier alpha value is -0.680. The zero-order valence-electron chi connectivity index (χ0n) is 8.94. The molecule has 0 N–H and O–H groups in total. The van der Waals surface area contributed by atoms with Gasteiger partial charge < -0.3 is 0 Å². The second-order valence-corrected chi connectivity index (χ2v) is 7.30. The zero-order chi connectivity index (χ0) is 12.7. The van der Waals surface area contributed by atoms with Crippen molar-refractivity contribution in [1.29, 1.82) is 0 Å². The van der Waals surface area contributed by atoms with Crippen LogP contribution >= 0.6 is 50.2 Å². The van der Waals surface area contributed by atoms with E-state index in [1.165, 1.54) is 22.7 Å². The monoisotopic (exact) mass is 356 g/mol. The minimum absolute atomic E-state index is 0.0359. The Balaban J connectivity index is 2.06. The number of hydrogen-bond donors (Lipinski definition) is 0. The predicted octanol–water partition coefficient (Wildman–Crippen LogP) is 5.61. The molecule has 0 aliphatic heterocycles. The molecular weight excluding hydrogens is 352 g/mol. The lowest BCUT2D eigenvalue weighted by Crippen LogP contribution is -1.93. The second kappa shape index (κ2) is 4.78. The molecule has 0 saturated carbocycles. The van der Waals surface area contributed by atoms with E-state index in [9.17, 15) is 4.79 Å². The highest BCUT2D eigenvalue weighted by atomic mass is 79.9. The number of rotatable bonds is 2. The number of thiophene rings is 2. The van der Waals surface area contributed by atoms with Gasteiger partial charge in [0.2, 0.25) is 5.78 Å². The van der Waals surface area contributed by atoms with Crippen LogP contribution in [0.1, 0.15) is 14.5 Å². The minimum Gasteiger partial charge on any atom is -0.287 e. The van der Waals surface area contributed by atoms with Gasteiger partial charge in [-0.25, -0.2) is 0 Å². The normalized spacial score (nSPS) is 11.0. The van der Waals surface area contributed by atoms with E-state index in [1.807, 2.05) is 30.3 Å². The van der Waals surface area contributed by atoms with Crippen LogP contribution in [0.25, 0.3) is 10.1 Å². The molecule has 18 heavy (non-hydrogen) atoms. The van der Waals surface area contributed by atoms with Gasteiger partial charge in [-0.15, -0.1) is 22.7 Å². The molecule has 2 heterocycles. The third-order valence-corrected chi connectivity index (χ3v) is 6.11. The molecule has 0 saturated heterocycles. The second-order valence-electron chi connectivity index (χ2n) is 3.71. The van der Waals surface area contributed by atoms with E-state index in [-0.39, 0.29) is 5.78 Å². The van der Waals surface area contributed by atoms with Crippen LogP contribution in [0.3, 0.4) is 0 Å². The Kier molecular flexibility index (Phi) is 3.28. The zero-order valence-corrected chi connectivity index (χ0v) is 12.9. The Morgan fingerprint density at radius 1 is 1.11 bits per heavy atom. The van der Waals surface area contributed by atoms with Crippen LogP contribution in [0.5, 0.6) is 0 Å². The standard InChI is InChI=1S/C13H6BrClOS2/c14-8-6-11(18-13(8)15)12(16)10-5-7-3-1-2-4-9(7)17-10/h1-6H. The molecular formula is C13H6BrClOS2. The SMILES string of the molecule is O=C(c1cc(Br)c(Cl)s1)c1cc2ccccc2s1. The van der Waals surface area contributed by atoms with Crippen molar-refractivity contribution >= 4 is 66.1 Å². The first-order valence-electron chi connectivity index (χ1n) is 5.13. The summed E-state index contributed by atoms with van der Waals surface area (Å²) in [6, 6.07) is 11.7. The van der Waals surface area contributed by atoms with Gasteiger partial charge in [0, 0.05) is 9.17 Å². The third-order valence-electron chi connectivity index (χ3n) is 2.52. The van der Waals surface area contributed by atoms with Gasteiger partial charge in [-0.3, -0.25) is 4.79 Å². The third kappa shape index (κ3) is 2.14. The molecule has 1 aromatic carbocycles. The molecule has 0 aliphatic rings. The molecule has 3 rings (SSSR count). The van der Waals surface area contributed by atoms with Gasteiger partial charge >= 0.3 is 0 Å². The van der Waals surface area contributed by atoms with Gasteiger partial charge in [-0.2, -0.15) is 0 Å². The molecule has 0 unspecified atom stereocenters. The first-order valence-corrected chi connectivity index (χ1v) is 7.93. The highest BCUT2D eigenvalue weighted by molar-refractivity contribution is 9.10. The molecule has 0 fully saturated rings. The molecule has 0 radical (unpaired) electrons. The Morgan fingerprint density at radius 3 is 2.50 bits per heavy atom. The summed E-state index contributed by atoms with van der Waals surface area (Å²) in [5.41, 5.74) is 0. The van der Waals surface area contributed by atoms with Gasteiger partial charge in [-0.05, 0) is 39.5 Å². The first kappa shape index (κ1) is 12.4. The maximum absolute atomic E-state index is 12.3. The quantitative estimate of drug-likeness (QED) is 0.545. The topological polar surface area (TPSA) is 17.1 Å². The highest BCUT2D eigenvalue weighted by Crippen LogP contribution is 2.35. The molecule has 1 nitrogen and oxygen atoms in total. The van der Waals surface area contributed by atoms with Crippen LogP contribution in [0.15, 0.2) is 40.9 Å². The minimum atomic E-state index is 0.0359. The van der Waals surface area contributed by atoms with Gasteiger partial charge in [0.05, 0.1) is 9.75 Å². The first-order chi connectivity index (χ1) is 8.65. The van der Waals surface area contributed by atoms with Gasteiger partial charge in [-0.1, -0.05) is 29.8 Å². The number of hydrogen-bond acceptors (Lipinski definition) is 3. The maximum atomic E-state index is 12.3. The van der Waals surface area contributed by atoms with E-state index in [0.29, 0.717) is 9.21 Å². The molecule has 0 aliphatic carbocycles. The van der Waals surface area contributed by atoms with Crippen LogP contribution in [-0.4, -0.2) is 5.78 Å². The van der Waals surface area contributed by atoms with Crippen molar-refractivity contribution in [1.82, 2.24) is 0 Å². The van der Waals surface area contributed by atoms with E-state index < -0.39 is 0 Å². The van der Waals surface area contributed by atoms with E-state index >= 15 is 0 Å². The average molecular weight is 358 g/mol.